The maximum Gasteiger partial charge on any atom is 0.0851 e. The van der Waals surface area contributed by atoms with Crippen molar-refractivity contribution in [3.63, 3.8) is 0 Å². The van der Waals surface area contributed by atoms with Crippen LogP contribution in [0.2, 0.25) is 0 Å². The summed E-state index contributed by atoms with van der Waals surface area (Å²) >= 11 is 0. The highest BCUT2D eigenvalue weighted by atomic mass is 16.5. The van der Waals surface area contributed by atoms with E-state index >= 15 is 0 Å². The molecule has 1 saturated heterocycles. The zero-order valence-corrected chi connectivity index (χ0v) is 11.1. The summed E-state index contributed by atoms with van der Waals surface area (Å²) in [5.74, 6) is 0. The first-order chi connectivity index (χ1) is 8.05. The van der Waals surface area contributed by atoms with Gasteiger partial charge >= 0.3 is 0 Å². The predicted octanol–water partition coefficient (Wildman–Crippen LogP) is 2.78. The number of hydrogen-bond acceptors (Lipinski definition) is 2. The van der Waals surface area contributed by atoms with E-state index in [4.69, 9.17) is 4.74 Å². The van der Waals surface area contributed by atoms with Crippen LogP contribution in [0.15, 0.2) is 30.3 Å². The molecule has 0 radical (unpaired) electrons. The van der Waals surface area contributed by atoms with Crippen molar-refractivity contribution in [2.75, 3.05) is 13.1 Å². The second kappa shape index (κ2) is 4.79. The molecule has 0 aliphatic carbocycles. The largest absolute Gasteiger partial charge is 0.366 e. The molecule has 0 bridgehead atoms. The summed E-state index contributed by atoms with van der Waals surface area (Å²) in [6, 6.07) is 10.6. The lowest BCUT2D eigenvalue weighted by Crippen LogP contribution is -2.58. The predicted molar refractivity (Wildman–Crippen MR) is 71.2 cm³/mol. The first kappa shape index (κ1) is 12.6. The van der Waals surface area contributed by atoms with E-state index in [-0.39, 0.29) is 11.2 Å². The fourth-order valence-corrected chi connectivity index (χ4v) is 2.64. The minimum Gasteiger partial charge on any atom is -0.366 e. The SMILES string of the molecule is CCC1(Cc2ccccc2)CNCC(C)(C)O1. The van der Waals surface area contributed by atoms with E-state index in [1.165, 1.54) is 5.56 Å². The van der Waals surface area contributed by atoms with E-state index in [1.54, 1.807) is 0 Å². The molecule has 1 heterocycles. The van der Waals surface area contributed by atoms with Crippen LogP contribution in [0.25, 0.3) is 0 Å². The Bertz CT molecular complexity index is 360. The van der Waals surface area contributed by atoms with Gasteiger partial charge in [0.2, 0.25) is 0 Å². The van der Waals surface area contributed by atoms with Crippen molar-refractivity contribution < 1.29 is 4.74 Å². The van der Waals surface area contributed by atoms with Crippen LogP contribution in [0, 0.1) is 0 Å². The zero-order chi connectivity index (χ0) is 12.4. The maximum absolute atomic E-state index is 6.35. The van der Waals surface area contributed by atoms with Crippen molar-refractivity contribution >= 4 is 0 Å². The fraction of sp³-hybridized carbons (Fsp3) is 0.600. The molecule has 2 rings (SSSR count). The Balaban J connectivity index is 2.14. The molecule has 1 fully saturated rings. The van der Waals surface area contributed by atoms with E-state index in [2.05, 4.69) is 56.4 Å². The molecule has 1 aliphatic heterocycles. The van der Waals surface area contributed by atoms with Gasteiger partial charge in [-0.05, 0) is 25.8 Å². The van der Waals surface area contributed by atoms with Gasteiger partial charge in [-0.25, -0.2) is 0 Å². The van der Waals surface area contributed by atoms with Crippen LogP contribution in [0.3, 0.4) is 0 Å². The molecule has 1 aliphatic rings. The van der Waals surface area contributed by atoms with Gasteiger partial charge in [0.1, 0.15) is 0 Å². The van der Waals surface area contributed by atoms with Crippen molar-refractivity contribution in [3.8, 4) is 0 Å². The van der Waals surface area contributed by atoms with Crippen molar-refractivity contribution in [2.24, 2.45) is 0 Å². The van der Waals surface area contributed by atoms with E-state index in [9.17, 15) is 0 Å². The Hall–Kier alpha value is -0.860. The highest BCUT2D eigenvalue weighted by molar-refractivity contribution is 5.18. The molecule has 2 heteroatoms. The average molecular weight is 233 g/mol. The third-order valence-corrected chi connectivity index (χ3v) is 3.50. The van der Waals surface area contributed by atoms with E-state index in [1.807, 2.05) is 0 Å². The summed E-state index contributed by atoms with van der Waals surface area (Å²) in [5, 5.41) is 3.51. The molecule has 0 spiro atoms. The Kier molecular flexibility index (Phi) is 3.55. The van der Waals surface area contributed by atoms with Crippen LogP contribution in [0.4, 0.5) is 0 Å². The lowest BCUT2D eigenvalue weighted by Gasteiger charge is -2.45. The molecule has 0 aromatic heterocycles. The maximum atomic E-state index is 6.35. The molecule has 0 saturated carbocycles. The fourth-order valence-electron chi connectivity index (χ4n) is 2.64. The zero-order valence-electron chi connectivity index (χ0n) is 11.1. The minimum absolute atomic E-state index is 0.0525. The van der Waals surface area contributed by atoms with Gasteiger partial charge in [0.05, 0.1) is 11.2 Å². The van der Waals surface area contributed by atoms with Crippen LogP contribution in [0.1, 0.15) is 32.8 Å². The lowest BCUT2D eigenvalue weighted by atomic mass is 9.88. The Labute approximate surface area is 104 Å². The molecule has 1 unspecified atom stereocenters. The van der Waals surface area contributed by atoms with Gasteiger partial charge in [-0.2, -0.15) is 0 Å². The van der Waals surface area contributed by atoms with Crippen molar-refractivity contribution in [1.82, 2.24) is 5.32 Å². The van der Waals surface area contributed by atoms with Gasteiger partial charge in [-0.1, -0.05) is 37.3 Å². The van der Waals surface area contributed by atoms with Crippen molar-refractivity contribution in [2.45, 2.75) is 44.8 Å². The highest BCUT2D eigenvalue weighted by Crippen LogP contribution is 2.30. The molecule has 1 aromatic rings. The quantitative estimate of drug-likeness (QED) is 0.867. The van der Waals surface area contributed by atoms with E-state index in [0.29, 0.717) is 0 Å². The molecular weight excluding hydrogens is 210 g/mol. The second-order valence-electron chi connectivity index (χ2n) is 5.66. The molecule has 0 amide bonds. The second-order valence-corrected chi connectivity index (χ2v) is 5.66. The smallest absolute Gasteiger partial charge is 0.0851 e. The summed E-state index contributed by atoms with van der Waals surface area (Å²) in [6.07, 6.45) is 2.03. The van der Waals surface area contributed by atoms with E-state index in [0.717, 1.165) is 25.9 Å². The highest BCUT2D eigenvalue weighted by Gasteiger charge is 2.39. The number of hydrogen-bond donors (Lipinski definition) is 1. The summed E-state index contributed by atoms with van der Waals surface area (Å²) in [4.78, 5) is 0. The summed E-state index contributed by atoms with van der Waals surface area (Å²) in [7, 11) is 0. The monoisotopic (exact) mass is 233 g/mol. The first-order valence-corrected chi connectivity index (χ1v) is 6.50. The number of rotatable bonds is 3. The van der Waals surface area contributed by atoms with Gasteiger partial charge in [0, 0.05) is 19.5 Å². The lowest BCUT2D eigenvalue weighted by molar-refractivity contribution is -0.162. The molecule has 2 nitrogen and oxygen atoms in total. The van der Waals surface area contributed by atoms with Gasteiger partial charge < -0.3 is 10.1 Å². The van der Waals surface area contributed by atoms with Gasteiger partial charge in [0.25, 0.3) is 0 Å². The minimum atomic E-state index is -0.0664. The van der Waals surface area contributed by atoms with Gasteiger partial charge in [-0.15, -0.1) is 0 Å². The van der Waals surface area contributed by atoms with Gasteiger partial charge in [0.15, 0.2) is 0 Å². The third kappa shape index (κ3) is 3.08. The Morgan fingerprint density at radius 1 is 1.18 bits per heavy atom. The molecule has 94 valence electrons. The number of morpholine rings is 1. The van der Waals surface area contributed by atoms with Crippen LogP contribution < -0.4 is 5.32 Å². The number of benzene rings is 1. The summed E-state index contributed by atoms with van der Waals surface area (Å²) in [5.41, 5.74) is 1.24. The molecule has 17 heavy (non-hydrogen) atoms. The van der Waals surface area contributed by atoms with Crippen molar-refractivity contribution in [3.05, 3.63) is 35.9 Å². The van der Waals surface area contributed by atoms with Crippen LogP contribution in [-0.2, 0) is 11.2 Å². The standard InChI is InChI=1S/C15H23NO/c1-4-15(10-13-8-6-5-7-9-13)12-16-11-14(2,3)17-15/h5-9,16H,4,10-12H2,1-3H3. The van der Waals surface area contributed by atoms with Gasteiger partial charge in [-0.3, -0.25) is 0 Å². The average Bonchev–Trinajstić information content (AvgIpc) is 2.29. The Morgan fingerprint density at radius 2 is 1.88 bits per heavy atom. The number of nitrogens with one attached hydrogen (secondary N) is 1. The third-order valence-electron chi connectivity index (χ3n) is 3.50. The van der Waals surface area contributed by atoms with Crippen LogP contribution in [0.5, 0.6) is 0 Å². The number of ether oxygens (including phenoxy) is 1. The molecule has 1 atom stereocenters. The molecule has 1 N–H and O–H groups in total. The molecular formula is C15H23NO. The topological polar surface area (TPSA) is 21.3 Å². The summed E-state index contributed by atoms with van der Waals surface area (Å²) in [6.45, 7) is 8.42. The molecule has 1 aromatic carbocycles. The van der Waals surface area contributed by atoms with Crippen LogP contribution >= 0.6 is 0 Å². The first-order valence-electron chi connectivity index (χ1n) is 6.50. The van der Waals surface area contributed by atoms with E-state index < -0.39 is 0 Å². The van der Waals surface area contributed by atoms with Crippen molar-refractivity contribution in [1.29, 1.82) is 0 Å². The Morgan fingerprint density at radius 3 is 2.47 bits per heavy atom. The summed E-state index contributed by atoms with van der Waals surface area (Å²) < 4.78 is 6.35. The van der Waals surface area contributed by atoms with Crippen LogP contribution in [-0.4, -0.2) is 24.3 Å². The normalized spacial score (nSPS) is 27.9.